The number of anilines is 1. The second kappa shape index (κ2) is 5.66. The summed E-state index contributed by atoms with van der Waals surface area (Å²) in [5.41, 5.74) is 6.35. The lowest BCUT2D eigenvalue weighted by atomic mass is 10.3. The Morgan fingerprint density at radius 1 is 1.29 bits per heavy atom. The number of nitrogens with zero attached hydrogens (tertiary/aromatic N) is 4. The molecular weight excluding hydrogens is 310 g/mol. The van der Waals surface area contributed by atoms with E-state index in [4.69, 9.17) is 5.73 Å². The molecule has 1 aromatic heterocycles. The van der Waals surface area contributed by atoms with E-state index in [0.717, 1.165) is 15.0 Å². The molecule has 0 spiro atoms. The third-order valence-electron chi connectivity index (χ3n) is 3.01. The van der Waals surface area contributed by atoms with Crippen LogP contribution in [0, 0.1) is 6.92 Å². The van der Waals surface area contributed by atoms with Crippen molar-refractivity contribution in [3.63, 3.8) is 0 Å². The average Bonchev–Trinajstić information content (AvgIpc) is 2.72. The summed E-state index contributed by atoms with van der Waals surface area (Å²) >= 11 is 1.35. The molecule has 21 heavy (non-hydrogen) atoms. The normalized spacial score (nSPS) is 12.0. The minimum atomic E-state index is -3.48. The van der Waals surface area contributed by atoms with Gasteiger partial charge in [-0.3, -0.25) is 0 Å². The average molecular weight is 327 g/mol. The van der Waals surface area contributed by atoms with Crippen molar-refractivity contribution in [2.75, 3.05) is 19.8 Å². The van der Waals surface area contributed by atoms with Crippen LogP contribution in [0.25, 0.3) is 0 Å². The maximum atomic E-state index is 12.0. The summed E-state index contributed by atoms with van der Waals surface area (Å²) in [6.45, 7) is 1.85. The van der Waals surface area contributed by atoms with Gasteiger partial charge in [-0.1, -0.05) is 0 Å². The van der Waals surface area contributed by atoms with E-state index in [2.05, 4.69) is 10.2 Å². The zero-order valence-corrected chi connectivity index (χ0v) is 13.9. The zero-order chi connectivity index (χ0) is 15.8. The van der Waals surface area contributed by atoms with Crippen LogP contribution in [0.5, 0.6) is 0 Å². The fourth-order valence-corrected chi connectivity index (χ4v) is 3.36. The number of benzene rings is 1. The van der Waals surface area contributed by atoms with Gasteiger partial charge in [0.1, 0.15) is 5.82 Å². The Kier molecular flexibility index (Phi) is 4.26. The second-order valence-corrected chi connectivity index (χ2v) is 7.84. The number of aromatic nitrogens is 3. The maximum Gasteiger partial charge on any atom is 0.242 e. The molecule has 0 amide bonds. The lowest BCUT2D eigenvalue weighted by molar-refractivity contribution is 0.520. The number of rotatable bonds is 4. The van der Waals surface area contributed by atoms with Gasteiger partial charge < -0.3 is 10.3 Å². The third kappa shape index (κ3) is 3.04. The number of sulfonamides is 1. The van der Waals surface area contributed by atoms with Crippen LogP contribution in [-0.4, -0.2) is 41.6 Å². The van der Waals surface area contributed by atoms with Crippen molar-refractivity contribution in [1.82, 2.24) is 19.1 Å². The van der Waals surface area contributed by atoms with Crippen molar-refractivity contribution < 1.29 is 8.42 Å². The Balaban J connectivity index is 2.35. The van der Waals surface area contributed by atoms with Crippen molar-refractivity contribution in [3.8, 4) is 0 Å². The van der Waals surface area contributed by atoms with Gasteiger partial charge in [-0.05, 0) is 36.9 Å². The Labute approximate surface area is 128 Å². The molecule has 114 valence electrons. The summed E-state index contributed by atoms with van der Waals surface area (Å²) in [7, 11) is 1.34. The Hall–Kier alpha value is -1.58. The van der Waals surface area contributed by atoms with Crippen molar-refractivity contribution in [2.45, 2.75) is 21.9 Å². The van der Waals surface area contributed by atoms with Crippen molar-refractivity contribution in [1.29, 1.82) is 0 Å². The largest absolute Gasteiger partial charge is 0.398 e. The molecule has 0 radical (unpaired) electrons. The summed E-state index contributed by atoms with van der Waals surface area (Å²) in [5.74, 6) is 0.794. The highest BCUT2D eigenvalue weighted by atomic mass is 32.2. The third-order valence-corrected chi connectivity index (χ3v) is 5.95. The highest BCUT2D eigenvalue weighted by Gasteiger charge is 2.19. The first kappa shape index (κ1) is 15.8. The van der Waals surface area contributed by atoms with E-state index in [1.165, 1.54) is 38.0 Å². The molecular formula is C12H17N5O2S2. The van der Waals surface area contributed by atoms with Gasteiger partial charge in [0.2, 0.25) is 10.0 Å². The second-order valence-electron chi connectivity index (χ2n) is 4.68. The first-order chi connectivity index (χ1) is 9.73. The first-order valence-corrected chi connectivity index (χ1v) is 8.35. The summed E-state index contributed by atoms with van der Waals surface area (Å²) in [5, 5.41) is 8.71. The SMILES string of the molecule is Cc1nnc(Sc2ccc(S(=O)(=O)N(C)C)cc2N)n1C. The molecule has 0 aliphatic rings. The molecule has 9 heteroatoms. The molecule has 2 rings (SSSR count). The molecule has 7 nitrogen and oxygen atoms in total. The van der Waals surface area contributed by atoms with Gasteiger partial charge >= 0.3 is 0 Å². The van der Waals surface area contributed by atoms with Crippen LogP contribution in [-0.2, 0) is 17.1 Å². The van der Waals surface area contributed by atoms with E-state index in [9.17, 15) is 8.42 Å². The number of nitrogens with two attached hydrogens (primary N) is 1. The molecule has 2 N–H and O–H groups in total. The van der Waals surface area contributed by atoms with E-state index in [1.54, 1.807) is 6.07 Å². The van der Waals surface area contributed by atoms with Gasteiger partial charge in [-0.2, -0.15) is 0 Å². The van der Waals surface area contributed by atoms with Crippen molar-refractivity contribution >= 4 is 27.5 Å². The summed E-state index contributed by atoms with van der Waals surface area (Å²) in [6, 6.07) is 4.68. The van der Waals surface area contributed by atoms with Crippen LogP contribution in [0.15, 0.2) is 33.1 Å². The van der Waals surface area contributed by atoms with Crippen LogP contribution < -0.4 is 5.73 Å². The predicted octanol–water partition coefficient (Wildman–Crippen LogP) is 1.11. The molecule has 0 aliphatic heterocycles. The molecule has 0 saturated heterocycles. The fourth-order valence-electron chi connectivity index (χ4n) is 1.57. The lowest BCUT2D eigenvalue weighted by Crippen LogP contribution is -2.22. The molecule has 0 bridgehead atoms. The molecule has 1 aromatic carbocycles. The quantitative estimate of drug-likeness (QED) is 0.845. The molecule has 2 aromatic rings. The van der Waals surface area contributed by atoms with Crippen LogP contribution in [0.3, 0.4) is 0 Å². The van der Waals surface area contributed by atoms with Gasteiger partial charge in [0, 0.05) is 31.7 Å². The lowest BCUT2D eigenvalue weighted by Gasteiger charge is -2.13. The molecule has 0 fully saturated rings. The topological polar surface area (TPSA) is 94.1 Å². The number of hydrogen-bond donors (Lipinski definition) is 1. The van der Waals surface area contributed by atoms with E-state index in [-0.39, 0.29) is 4.90 Å². The number of aryl methyl sites for hydroxylation is 1. The van der Waals surface area contributed by atoms with Crippen LogP contribution in [0.4, 0.5) is 5.69 Å². The molecule has 0 atom stereocenters. The van der Waals surface area contributed by atoms with E-state index >= 15 is 0 Å². The standard InChI is InChI=1S/C12H17N5O2S2/c1-8-14-15-12(17(8)4)20-11-6-5-9(7-10(11)13)21(18,19)16(2)3/h5-7H,13H2,1-4H3. The smallest absolute Gasteiger partial charge is 0.242 e. The summed E-state index contributed by atoms with van der Waals surface area (Å²) in [6.07, 6.45) is 0. The first-order valence-electron chi connectivity index (χ1n) is 6.09. The van der Waals surface area contributed by atoms with E-state index in [1.807, 2.05) is 18.5 Å². The van der Waals surface area contributed by atoms with E-state index in [0.29, 0.717) is 10.8 Å². The van der Waals surface area contributed by atoms with Gasteiger partial charge in [0.05, 0.1) is 4.90 Å². The molecule has 0 aliphatic carbocycles. The Morgan fingerprint density at radius 3 is 2.43 bits per heavy atom. The maximum absolute atomic E-state index is 12.0. The van der Waals surface area contributed by atoms with Gasteiger partial charge in [-0.25, -0.2) is 12.7 Å². The zero-order valence-electron chi connectivity index (χ0n) is 12.2. The summed E-state index contributed by atoms with van der Waals surface area (Å²) in [4.78, 5) is 0.909. The fraction of sp³-hybridized carbons (Fsp3) is 0.333. The van der Waals surface area contributed by atoms with Crippen LogP contribution in [0.2, 0.25) is 0 Å². The van der Waals surface area contributed by atoms with Crippen molar-refractivity contribution in [3.05, 3.63) is 24.0 Å². The Bertz CT molecular complexity index is 768. The van der Waals surface area contributed by atoms with E-state index < -0.39 is 10.0 Å². The van der Waals surface area contributed by atoms with Gasteiger partial charge in [0.15, 0.2) is 5.16 Å². The summed E-state index contributed by atoms with van der Waals surface area (Å²) < 4.78 is 27.1. The van der Waals surface area contributed by atoms with Crippen LogP contribution >= 0.6 is 11.8 Å². The predicted molar refractivity (Wildman–Crippen MR) is 81.6 cm³/mol. The Morgan fingerprint density at radius 2 is 1.95 bits per heavy atom. The highest BCUT2D eigenvalue weighted by Crippen LogP contribution is 2.32. The van der Waals surface area contributed by atoms with Crippen LogP contribution in [0.1, 0.15) is 5.82 Å². The molecule has 1 heterocycles. The highest BCUT2D eigenvalue weighted by molar-refractivity contribution is 7.99. The van der Waals surface area contributed by atoms with Crippen molar-refractivity contribution in [2.24, 2.45) is 7.05 Å². The minimum Gasteiger partial charge on any atom is -0.398 e. The number of nitrogen functional groups attached to an aromatic ring is 1. The monoisotopic (exact) mass is 327 g/mol. The molecule has 0 saturated carbocycles. The minimum absolute atomic E-state index is 0.170. The van der Waals surface area contributed by atoms with Gasteiger partial charge in [-0.15, -0.1) is 10.2 Å². The van der Waals surface area contributed by atoms with Gasteiger partial charge in [0.25, 0.3) is 0 Å². The number of hydrogen-bond acceptors (Lipinski definition) is 6. The molecule has 0 unspecified atom stereocenters.